The molecule has 1 heterocycles. The van der Waals surface area contributed by atoms with Gasteiger partial charge >= 0.3 is 5.82 Å². The van der Waals surface area contributed by atoms with Crippen molar-refractivity contribution in [2.24, 2.45) is 5.92 Å². The van der Waals surface area contributed by atoms with Crippen molar-refractivity contribution in [2.45, 2.75) is 26.3 Å². The molecule has 1 aromatic heterocycles. The van der Waals surface area contributed by atoms with E-state index in [4.69, 9.17) is 0 Å². The molecule has 1 aromatic rings. The summed E-state index contributed by atoms with van der Waals surface area (Å²) in [5.74, 6) is 1.30. The van der Waals surface area contributed by atoms with Crippen LogP contribution in [0, 0.1) is 23.0 Å². The zero-order valence-corrected chi connectivity index (χ0v) is 9.32. The smallest absolute Gasteiger partial charge is 0.358 e. The lowest BCUT2D eigenvalue weighted by molar-refractivity contribution is -0.390. The van der Waals surface area contributed by atoms with Gasteiger partial charge in [0.2, 0.25) is 5.82 Å². The van der Waals surface area contributed by atoms with E-state index >= 15 is 0 Å². The van der Waals surface area contributed by atoms with Gasteiger partial charge in [0.15, 0.2) is 4.60 Å². The molecule has 0 spiro atoms. The predicted octanol–water partition coefficient (Wildman–Crippen LogP) is 2.27. The molecule has 0 N–H and O–H groups in total. The molecule has 5 nitrogen and oxygen atoms in total. The Kier molecular flexibility index (Phi) is 2.30. The van der Waals surface area contributed by atoms with Gasteiger partial charge in [0.25, 0.3) is 0 Å². The fraction of sp³-hybridized carbons (Fsp3) is 0.625. The SMILES string of the molecule is Cc1nc([N+](=O)[O-])c(Br)n1CC1CC1. The van der Waals surface area contributed by atoms with Crippen LogP contribution in [0.4, 0.5) is 5.82 Å². The molecule has 2 rings (SSSR count). The van der Waals surface area contributed by atoms with Gasteiger partial charge in [-0.05, 0) is 44.6 Å². The second-order valence-electron chi connectivity index (χ2n) is 3.58. The average molecular weight is 260 g/mol. The maximum atomic E-state index is 10.6. The lowest BCUT2D eigenvalue weighted by Crippen LogP contribution is -2.02. The number of rotatable bonds is 3. The van der Waals surface area contributed by atoms with Crippen molar-refractivity contribution in [3.8, 4) is 0 Å². The third-order valence-electron chi connectivity index (χ3n) is 2.39. The lowest BCUT2D eigenvalue weighted by atomic mass is 10.4. The van der Waals surface area contributed by atoms with Crippen LogP contribution < -0.4 is 0 Å². The van der Waals surface area contributed by atoms with E-state index < -0.39 is 4.92 Å². The van der Waals surface area contributed by atoms with Crippen molar-refractivity contribution in [1.29, 1.82) is 0 Å². The molecule has 0 radical (unpaired) electrons. The fourth-order valence-corrected chi connectivity index (χ4v) is 2.04. The first-order valence-corrected chi connectivity index (χ1v) is 5.26. The highest BCUT2D eigenvalue weighted by Crippen LogP contribution is 2.34. The summed E-state index contributed by atoms with van der Waals surface area (Å²) in [4.78, 5) is 14.0. The molecule has 0 aromatic carbocycles. The molecule has 6 heteroatoms. The Morgan fingerprint density at radius 1 is 1.71 bits per heavy atom. The van der Waals surface area contributed by atoms with E-state index in [0.29, 0.717) is 16.3 Å². The van der Waals surface area contributed by atoms with E-state index in [1.165, 1.54) is 12.8 Å². The number of imidazole rings is 1. The molecular weight excluding hydrogens is 250 g/mol. The summed E-state index contributed by atoms with van der Waals surface area (Å²) >= 11 is 3.22. The first kappa shape index (κ1) is 9.64. The molecule has 0 amide bonds. The van der Waals surface area contributed by atoms with Gasteiger partial charge in [-0.1, -0.05) is 0 Å². The van der Waals surface area contributed by atoms with Gasteiger partial charge in [-0.3, -0.25) is 4.57 Å². The maximum absolute atomic E-state index is 10.6. The van der Waals surface area contributed by atoms with Crippen molar-refractivity contribution < 1.29 is 4.92 Å². The summed E-state index contributed by atoms with van der Waals surface area (Å²) in [7, 11) is 0. The van der Waals surface area contributed by atoms with Gasteiger partial charge in [-0.25, -0.2) is 0 Å². The number of aromatic nitrogens is 2. The molecular formula is C8H10BrN3O2. The van der Waals surface area contributed by atoms with Crippen LogP contribution in [-0.2, 0) is 6.54 Å². The van der Waals surface area contributed by atoms with E-state index in [0.717, 1.165) is 6.54 Å². The van der Waals surface area contributed by atoms with Gasteiger partial charge in [0, 0.05) is 13.5 Å². The molecule has 0 saturated heterocycles. The second-order valence-corrected chi connectivity index (χ2v) is 4.34. The minimum atomic E-state index is -0.458. The molecule has 1 saturated carbocycles. The Morgan fingerprint density at radius 2 is 2.36 bits per heavy atom. The minimum Gasteiger partial charge on any atom is -0.358 e. The highest BCUT2D eigenvalue weighted by atomic mass is 79.9. The van der Waals surface area contributed by atoms with Crippen LogP contribution in [0.5, 0.6) is 0 Å². The molecule has 76 valence electrons. The standard InChI is InChI=1S/C8H10BrN3O2/c1-5-10-8(12(13)14)7(9)11(5)4-6-2-3-6/h6H,2-4H2,1H3. The molecule has 0 bridgehead atoms. The largest absolute Gasteiger partial charge is 0.396 e. The maximum Gasteiger partial charge on any atom is 0.396 e. The van der Waals surface area contributed by atoms with Crippen LogP contribution in [0.25, 0.3) is 0 Å². The third-order valence-corrected chi connectivity index (χ3v) is 3.17. The van der Waals surface area contributed by atoms with Crippen molar-refractivity contribution in [2.75, 3.05) is 0 Å². The predicted molar refractivity (Wildman–Crippen MR) is 54.0 cm³/mol. The van der Waals surface area contributed by atoms with Gasteiger partial charge in [0.05, 0.1) is 0 Å². The highest BCUT2D eigenvalue weighted by Gasteiger charge is 2.28. The minimum absolute atomic E-state index is 0.0804. The molecule has 1 fully saturated rings. The molecule has 1 aliphatic rings. The molecule has 0 aliphatic heterocycles. The van der Waals surface area contributed by atoms with Gasteiger partial charge in [0.1, 0.15) is 0 Å². The molecule has 0 unspecified atom stereocenters. The summed E-state index contributed by atoms with van der Waals surface area (Å²) in [6, 6.07) is 0. The Hall–Kier alpha value is -0.910. The number of nitro groups is 1. The van der Waals surface area contributed by atoms with E-state index in [9.17, 15) is 10.1 Å². The summed E-state index contributed by atoms with van der Waals surface area (Å²) < 4.78 is 2.36. The zero-order chi connectivity index (χ0) is 10.3. The van der Waals surface area contributed by atoms with Crippen LogP contribution in [-0.4, -0.2) is 14.5 Å². The average Bonchev–Trinajstić information content (AvgIpc) is 2.87. The van der Waals surface area contributed by atoms with E-state index in [1.807, 2.05) is 4.57 Å². The summed E-state index contributed by atoms with van der Waals surface area (Å²) in [6.45, 7) is 2.63. The Morgan fingerprint density at radius 3 is 2.79 bits per heavy atom. The normalized spacial score (nSPS) is 15.9. The summed E-state index contributed by atoms with van der Waals surface area (Å²) in [6.07, 6.45) is 2.44. The van der Waals surface area contributed by atoms with Crippen molar-refractivity contribution in [1.82, 2.24) is 9.55 Å². The number of aryl methyl sites for hydroxylation is 1. The lowest BCUT2D eigenvalue weighted by Gasteiger charge is -2.01. The Balaban J connectivity index is 2.32. The molecule has 0 atom stereocenters. The van der Waals surface area contributed by atoms with Crippen LogP contribution in [0.15, 0.2) is 4.60 Å². The van der Waals surface area contributed by atoms with Crippen molar-refractivity contribution in [3.05, 3.63) is 20.5 Å². The van der Waals surface area contributed by atoms with E-state index in [-0.39, 0.29) is 5.82 Å². The van der Waals surface area contributed by atoms with Crippen LogP contribution in [0.3, 0.4) is 0 Å². The monoisotopic (exact) mass is 259 g/mol. The first-order chi connectivity index (χ1) is 6.59. The van der Waals surface area contributed by atoms with E-state index in [2.05, 4.69) is 20.9 Å². The number of hydrogen-bond donors (Lipinski definition) is 0. The second kappa shape index (κ2) is 3.34. The summed E-state index contributed by atoms with van der Waals surface area (Å²) in [5, 5.41) is 10.6. The molecule has 1 aliphatic carbocycles. The van der Waals surface area contributed by atoms with E-state index in [1.54, 1.807) is 6.92 Å². The quantitative estimate of drug-likeness (QED) is 0.618. The fourth-order valence-electron chi connectivity index (χ4n) is 1.41. The zero-order valence-electron chi connectivity index (χ0n) is 7.73. The van der Waals surface area contributed by atoms with Gasteiger partial charge in [-0.2, -0.15) is 0 Å². The van der Waals surface area contributed by atoms with Crippen LogP contribution in [0.1, 0.15) is 18.7 Å². The number of nitrogens with zero attached hydrogens (tertiary/aromatic N) is 3. The van der Waals surface area contributed by atoms with Crippen molar-refractivity contribution in [3.63, 3.8) is 0 Å². The Bertz CT molecular complexity index is 384. The highest BCUT2D eigenvalue weighted by molar-refractivity contribution is 9.10. The number of hydrogen-bond acceptors (Lipinski definition) is 3. The topological polar surface area (TPSA) is 61.0 Å². The first-order valence-electron chi connectivity index (χ1n) is 4.46. The summed E-state index contributed by atoms with van der Waals surface area (Å²) in [5.41, 5.74) is 0. The van der Waals surface area contributed by atoms with Gasteiger partial charge in [-0.15, -0.1) is 0 Å². The number of halogens is 1. The molecule has 14 heavy (non-hydrogen) atoms. The Labute approximate surface area is 89.4 Å². The van der Waals surface area contributed by atoms with Crippen LogP contribution >= 0.6 is 15.9 Å². The van der Waals surface area contributed by atoms with Crippen molar-refractivity contribution >= 4 is 21.7 Å². The van der Waals surface area contributed by atoms with Crippen LogP contribution in [0.2, 0.25) is 0 Å². The third kappa shape index (κ3) is 1.66. The van der Waals surface area contributed by atoms with Gasteiger partial charge < -0.3 is 10.1 Å².